The van der Waals surface area contributed by atoms with Crippen molar-refractivity contribution in [3.63, 3.8) is 0 Å². The zero-order valence-corrected chi connectivity index (χ0v) is 14.7. The molecule has 1 fully saturated rings. The number of carbonyl (C=O) groups excluding carboxylic acids is 2. The van der Waals surface area contributed by atoms with E-state index in [0.29, 0.717) is 23.5 Å². The molecule has 7 heteroatoms. The Kier molecular flexibility index (Phi) is 5.31. The van der Waals surface area contributed by atoms with Gasteiger partial charge in [0.1, 0.15) is 5.52 Å². The first-order chi connectivity index (χ1) is 12.1. The van der Waals surface area contributed by atoms with Crippen molar-refractivity contribution in [1.82, 2.24) is 20.3 Å². The largest absolute Gasteiger partial charge is 0.452 e. The maximum atomic E-state index is 12.2. The third kappa shape index (κ3) is 3.97. The molecule has 0 saturated heterocycles. The number of rotatable bonds is 5. The SMILES string of the molecule is CCn1nnc2cc(C(=O)OCC(=O)N[C@H]3CCCC[C@H]3C)ccc21. The van der Waals surface area contributed by atoms with Crippen LogP contribution in [-0.4, -0.2) is 39.5 Å². The first-order valence-electron chi connectivity index (χ1n) is 8.88. The highest BCUT2D eigenvalue weighted by Gasteiger charge is 2.23. The lowest BCUT2D eigenvalue weighted by molar-refractivity contribution is -0.125. The summed E-state index contributed by atoms with van der Waals surface area (Å²) in [7, 11) is 0. The van der Waals surface area contributed by atoms with Crippen LogP contribution >= 0.6 is 0 Å². The maximum Gasteiger partial charge on any atom is 0.338 e. The van der Waals surface area contributed by atoms with Crippen molar-refractivity contribution < 1.29 is 14.3 Å². The molecule has 2 aromatic rings. The fourth-order valence-corrected chi connectivity index (χ4v) is 3.33. The molecular formula is C18H24N4O3. The first-order valence-corrected chi connectivity index (χ1v) is 8.88. The number of ether oxygens (including phenoxy) is 1. The van der Waals surface area contributed by atoms with Gasteiger partial charge in [0.25, 0.3) is 5.91 Å². The lowest BCUT2D eigenvalue weighted by Gasteiger charge is -2.29. The molecule has 1 amide bonds. The number of nitrogens with zero attached hydrogens (tertiary/aromatic N) is 3. The third-order valence-corrected chi connectivity index (χ3v) is 4.84. The van der Waals surface area contributed by atoms with Crippen LogP contribution < -0.4 is 5.32 Å². The van der Waals surface area contributed by atoms with Crippen LogP contribution in [0, 0.1) is 5.92 Å². The molecular weight excluding hydrogens is 320 g/mol. The molecule has 0 spiro atoms. The van der Waals surface area contributed by atoms with Gasteiger partial charge in [-0.05, 0) is 43.9 Å². The second-order valence-corrected chi connectivity index (χ2v) is 6.62. The number of hydrogen-bond donors (Lipinski definition) is 1. The van der Waals surface area contributed by atoms with Gasteiger partial charge in [-0.1, -0.05) is 25.0 Å². The maximum absolute atomic E-state index is 12.2. The molecule has 1 aliphatic carbocycles. The van der Waals surface area contributed by atoms with Gasteiger partial charge in [0.15, 0.2) is 6.61 Å². The summed E-state index contributed by atoms with van der Waals surface area (Å²) in [5.41, 5.74) is 1.87. The second-order valence-electron chi connectivity index (χ2n) is 6.62. The molecule has 134 valence electrons. The minimum absolute atomic E-state index is 0.181. The van der Waals surface area contributed by atoms with Crippen molar-refractivity contribution in [2.24, 2.45) is 5.92 Å². The molecule has 1 aromatic carbocycles. The first kappa shape index (κ1) is 17.4. The van der Waals surface area contributed by atoms with Gasteiger partial charge in [0.2, 0.25) is 0 Å². The Morgan fingerprint density at radius 2 is 2.12 bits per heavy atom. The number of amides is 1. The van der Waals surface area contributed by atoms with Gasteiger partial charge in [-0.3, -0.25) is 4.79 Å². The van der Waals surface area contributed by atoms with Gasteiger partial charge in [-0.25, -0.2) is 9.48 Å². The Morgan fingerprint density at radius 1 is 1.32 bits per heavy atom. The predicted octanol–water partition coefficient (Wildman–Crippen LogP) is 2.30. The number of benzene rings is 1. The fourth-order valence-electron chi connectivity index (χ4n) is 3.33. The van der Waals surface area contributed by atoms with Gasteiger partial charge in [-0.15, -0.1) is 5.10 Å². The lowest BCUT2D eigenvalue weighted by Crippen LogP contribution is -2.42. The van der Waals surface area contributed by atoms with E-state index in [-0.39, 0.29) is 18.6 Å². The standard InChI is InChI=1S/C18H24N4O3/c1-3-22-16-9-8-13(10-15(16)20-21-22)18(24)25-11-17(23)19-14-7-5-4-6-12(14)2/h8-10,12,14H,3-7,11H2,1-2H3,(H,19,23)/t12-,14+/m1/s1. The average Bonchev–Trinajstić information content (AvgIpc) is 3.04. The van der Waals surface area contributed by atoms with Gasteiger partial charge < -0.3 is 10.1 Å². The molecule has 1 aliphatic rings. The van der Waals surface area contributed by atoms with E-state index >= 15 is 0 Å². The molecule has 0 unspecified atom stereocenters. The molecule has 7 nitrogen and oxygen atoms in total. The van der Waals surface area contributed by atoms with E-state index in [0.717, 1.165) is 24.8 Å². The smallest absolute Gasteiger partial charge is 0.338 e. The predicted molar refractivity (Wildman–Crippen MR) is 93.0 cm³/mol. The van der Waals surface area contributed by atoms with Gasteiger partial charge in [0.05, 0.1) is 11.1 Å². The van der Waals surface area contributed by atoms with E-state index in [1.165, 1.54) is 6.42 Å². The molecule has 0 radical (unpaired) electrons. The summed E-state index contributed by atoms with van der Waals surface area (Å²) in [6, 6.07) is 5.28. The molecule has 2 atom stereocenters. The van der Waals surface area contributed by atoms with Crippen LogP contribution in [-0.2, 0) is 16.1 Å². The van der Waals surface area contributed by atoms with Crippen molar-refractivity contribution in [2.75, 3.05) is 6.61 Å². The molecule has 0 aliphatic heterocycles. The summed E-state index contributed by atoms with van der Waals surface area (Å²) >= 11 is 0. The zero-order chi connectivity index (χ0) is 17.8. The van der Waals surface area contributed by atoms with Crippen molar-refractivity contribution in [2.45, 2.75) is 52.1 Å². The summed E-state index contributed by atoms with van der Waals surface area (Å²) in [6.07, 6.45) is 4.47. The second kappa shape index (κ2) is 7.63. The Labute approximate surface area is 146 Å². The van der Waals surface area contributed by atoms with E-state index < -0.39 is 5.97 Å². The number of hydrogen-bond acceptors (Lipinski definition) is 5. The highest BCUT2D eigenvalue weighted by Crippen LogP contribution is 2.23. The zero-order valence-electron chi connectivity index (χ0n) is 14.7. The van der Waals surface area contributed by atoms with Crippen molar-refractivity contribution >= 4 is 22.9 Å². The minimum Gasteiger partial charge on any atom is -0.452 e. The Morgan fingerprint density at radius 3 is 2.88 bits per heavy atom. The highest BCUT2D eigenvalue weighted by molar-refractivity contribution is 5.94. The summed E-state index contributed by atoms with van der Waals surface area (Å²) in [5.74, 6) is -0.304. The van der Waals surface area contributed by atoms with E-state index in [1.807, 2.05) is 6.92 Å². The number of esters is 1. The Bertz CT molecular complexity index is 771. The Hall–Kier alpha value is -2.44. The molecule has 25 heavy (non-hydrogen) atoms. The summed E-state index contributed by atoms with van der Waals surface area (Å²) in [4.78, 5) is 24.2. The van der Waals surface area contributed by atoms with Crippen LogP contribution in [0.4, 0.5) is 0 Å². The topological polar surface area (TPSA) is 86.1 Å². The van der Waals surface area contributed by atoms with Crippen molar-refractivity contribution in [3.8, 4) is 0 Å². The number of nitrogens with one attached hydrogen (secondary N) is 1. The van der Waals surface area contributed by atoms with Crippen LogP contribution in [0.1, 0.15) is 49.9 Å². The van der Waals surface area contributed by atoms with Crippen LogP contribution in [0.3, 0.4) is 0 Å². The third-order valence-electron chi connectivity index (χ3n) is 4.84. The number of fused-ring (bicyclic) bond motifs is 1. The molecule has 1 aromatic heterocycles. The number of aromatic nitrogens is 3. The average molecular weight is 344 g/mol. The molecule has 0 bridgehead atoms. The Balaban J connectivity index is 1.56. The van der Waals surface area contributed by atoms with Gasteiger partial charge in [0, 0.05) is 12.6 Å². The monoisotopic (exact) mass is 344 g/mol. The lowest BCUT2D eigenvalue weighted by atomic mass is 9.86. The van der Waals surface area contributed by atoms with Crippen LogP contribution in [0.2, 0.25) is 0 Å². The fraction of sp³-hybridized carbons (Fsp3) is 0.556. The van der Waals surface area contributed by atoms with E-state index in [4.69, 9.17) is 4.74 Å². The van der Waals surface area contributed by atoms with Gasteiger partial charge in [-0.2, -0.15) is 0 Å². The normalized spacial score (nSPS) is 20.4. The summed E-state index contributed by atoms with van der Waals surface area (Å²) in [6.45, 7) is 4.57. The summed E-state index contributed by atoms with van der Waals surface area (Å²) in [5, 5.41) is 11.0. The molecule has 1 heterocycles. The van der Waals surface area contributed by atoms with Crippen LogP contribution in [0.15, 0.2) is 18.2 Å². The van der Waals surface area contributed by atoms with E-state index in [9.17, 15) is 9.59 Å². The molecule has 1 N–H and O–H groups in total. The summed E-state index contributed by atoms with van der Waals surface area (Å²) < 4.78 is 6.90. The van der Waals surface area contributed by atoms with E-state index in [1.54, 1.807) is 22.9 Å². The van der Waals surface area contributed by atoms with Crippen molar-refractivity contribution in [1.29, 1.82) is 0 Å². The molecule has 1 saturated carbocycles. The number of carbonyl (C=O) groups is 2. The van der Waals surface area contributed by atoms with E-state index in [2.05, 4.69) is 22.6 Å². The number of aryl methyl sites for hydroxylation is 1. The molecule has 3 rings (SSSR count). The highest BCUT2D eigenvalue weighted by atomic mass is 16.5. The van der Waals surface area contributed by atoms with Crippen LogP contribution in [0.5, 0.6) is 0 Å². The quantitative estimate of drug-likeness (QED) is 0.841. The van der Waals surface area contributed by atoms with Crippen LogP contribution in [0.25, 0.3) is 11.0 Å². The minimum atomic E-state index is -0.528. The van der Waals surface area contributed by atoms with Gasteiger partial charge >= 0.3 is 5.97 Å². The van der Waals surface area contributed by atoms with Crippen molar-refractivity contribution in [3.05, 3.63) is 23.8 Å².